The van der Waals surface area contributed by atoms with E-state index >= 15 is 0 Å². The molecule has 0 spiro atoms. The Morgan fingerprint density at radius 2 is 1.75 bits per heavy atom. The first-order chi connectivity index (χ1) is 13.7. The van der Waals surface area contributed by atoms with Gasteiger partial charge in [0.2, 0.25) is 11.8 Å². The van der Waals surface area contributed by atoms with Crippen molar-refractivity contribution >= 4 is 17.5 Å². The van der Waals surface area contributed by atoms with E-state index in [1.54, 1.807) is 0 Å². The van der Waals surface area contributed by atoms with Crippen LogP contribution in [0.4, 0.5) is 5.69 Å². The van der Waals surface area contributed by atoms with E-state index in [2.05, 4.69) is 44.7 Å². The molecule has 2 saturated heterocycles. The quantitative estimate of drug-likeness (QED) is 0.814. The fourth-order valence-corrected chi connectivity index (χ4v) is 5.00. The molecule has 6 nitrogen and oxygen atoms in total. The van der Waals surface area contributed by atoms with Gasteiger partial charge in [-0.1, -0.05) is 31.0 Å². The molecule has 2 amide bonds. The molecule has 152 valence electrons. The zero-order chi connectivity index (χ0) is 19.3. The van der Waals surface area contributed by atoms with Gasteiger partial charge in [-0.25, -0.2) is 0 Å². The average molecular weight is 385 g/mol. The van der Waals surface area contributed by atoms with Crippen LogP contribution in [0.1, 0.15) is 44.9 Å². The number of para-hydroxylation sites is 1. The molecule has 0 bridgehead atoms. The van der Waals surface area contributed by atoms with Crippen molar-refractivity contribution < 1.29 is 9.59 Å². The lowest BCUT2D eigenvalue weighted by Crippen LogP contribution is -2.59. The molecule has 1 aliphatic carbocycles. The summed E-state index contributed by atoms with van der Waals surface area (Å²) in [6.45, 7) is 3.47. The van der Waals surface area contributed by atoms with Gasteiger partial charge in [-0.15, -0.1) is 0 Å². The molecule has 2 N–H and O–H groups in total. The summed E-state index contributed by atoms with van der Waals surface area (Å²) in [5, 5.41) is 6.15. The topological polar surface area (TPSA) is 64.7 Å². The summed E-state index contributed by atoms with van der Waals surface area (Å²) in [6, 6.07) is 10.8. The molecule has 0 aromatic heterocycles. The van der Waals surface area contributed by atoms with Crippen molar-refractivity contribution in [3.8, 4) is 0 Å². The van der Waals surface area contributed by atoms with Crippen molar-refractivity contribution in [2.75, 3.05) is 31.1 Å². The molecule has 2 aliphatic heterocycles. The van der Waals surface area contributed by atoms with E-state index in [0.717, 1.165) is 45.3 Å². The third-order valence-corrected chi connectivity index (χ3v) is 6.53. The van der Waals surface area contributed by atoms with Crippen LogP contribution in [0.15, 0.2) is 30.3 Å². The highest BCUT2D eigenvalue weighted by Crippen LogP contribution is 2.27. The van der Waals surface area contributed by atoms with Gasteiger partial charge in [0, 0.05) is 44.0 Å². The molecule has 28 heavy (non-hydrogen) atoms. The van der Waals surface area contributed by atoms with Crippen molar-refractivity contribution in [1.29, 1.82) is 0 Å². The molecule has 1 aromatic rings. The van der Waals surface area contributed by atoms with Gasteiger partial charge in [-0.05, 0) is 37.8 Å². The van der Waals surface area contributed by atoms with Crippen molar-refractivity contribution in [2.45, 2.75) is 63.1 Å². The Labute approximate surface area is 167 Å². The molecule has 0 unspecified atom stereocenters. The summed E-state index contributed by atoms with van der Waals surface area (Å²) < 4.78 is 0. The first-order valence-electron chi connectivity index (χ1n) is 10.8. The second kappa shape index (κ2) is 8.95. The highest BCUT2D eigenvalue weighted by atomic mass is 16.2. The van der Waals surface area contributed by atoms with Crippen molar-refractivity contribution in [1.82, 2.24) is 15.5 Å². The van der Waals surface area contributed by atoms with Gasteiger partial charge in [0.05, 0.1) is 12.5 Å². The Kier molecular flexibility index (Phi) is 6.15. The van der Waals surface area contributed by atoms with Crippen LogP contribution in [0.5, 0.6) is 0 Å². The zero-order valence-electron chi connectivity index (χ0n) is 16.6. The third-order valence-electron chi connectivity index (χ3n) is 6.53. The van der Waals surface area contributed by atoms with Gasteiger partial charge in [0.1, 0.15) is 0 Å². The SMILES string of the molecule is O=C(C[C@@H]1C(=O)NCCN1C1CCCC1)NC1CCN(c2ccccc2)CC1. The summed E-state index contributed by atoms with van der Waals surface area (Å²) in [5.74, 6) is 0.0374. The van der Waals surface area contributed by atoms with Gasteiger partial charge in [0.25, 0.3) is 0 Å². The van der Waals surface area contributed by atoms with Crippen LogP contribution in [-0.2, 0) is 9.59 Å². The number of amides is 2. The van der Waals surface area contributed by atoms with E-state index in [0.29, 0.717) is 12.6 Å². The summed E-state index contributed by atoms with van der Waals surface area (Å²) >= 11 is 0. The average Bonchev–Trinajstić information content (AvgIpc) is 3.25. The Hall–Kier alpha value is -2.08. The van der Waals surface area contributed by atoms with Crippen LogP contribution in [-0.4, -0.2) is 61.0 Å². The van der Waals surface area contributed by atoms with Crippen LogP contribution in [0.25, 0.3) is 0 Å². The number of hydrogen-bond acceptors (Lipinski definition) is 4. The highest BCUT2D eigenvalue weighted by molar-refractivity contribution is 5.89. The molecule has 0 radical (unpaired) electrons. The minimum absolute atomic E-state index is 0.0169. The molecule has 4 rings (SSSR count). The lowest BCUT2D eigenvalue weighted by molar-refractivity contribution is -0.135. The standard InChI is InChI=1S/C22H32N4O2/c27-21(16-20-22(28)23-12-15-26(20)19-8-4-5-9-19)24-17-10-13-25(14-11-17)18-6-2-1-3-7-18/h1-3,6-7,17,19-20H,4-5,8-16H2,(H,23,28)(H,24,27)/t20-/m1/s1. The summed E-state index contributed by atoms with van der Waals surface area (Å²) in [4.78, 5) is 29.8. The number of nitrogens with zero attached hydrogens (tertiary/aromatic N) is 2. The molecule has 1 saturated carbocycles. The van der Waals surface area contributed by atoms with Crippen LogP contribution < -0.4 is 15.5 Å². The number of hydrogen-bond donors (Lipinski definition) is 2. The monoisotopic (exact) mass is 384 g/mol. The molecule has 1 aromatic carbocycles. The molecule has 6 heteroatoms. The number of piperidine rings is 1. The van der Waals surface area contributed by atoms with Crippen LogP contribution in [0.2, 0.25) is 0 Å². The Balaban J connectivity index is 1.28. The Morgan fingerprint density at radius 1 is 1.04 bits per heavy atom. The molecule has 2 heterocycles. The normalized spacial score (nSPS) is 24.9. The largest absolute Gasteiger partial charge is 0.371 e. The van der Waals surface area contributed by atoms with E-state index in [4.69, 9.17) is 0 Å². The van der Waals surface area contributed by atoms with E-state index in [-0.39, 0.29) is 30.3 Å². The number of rotatable bonds is 5. The fraction of sp³-hybridized carbons (Fsp3) is 0.636. The Morgan fingerprint density at radius 3 is 2.46 bits per heavy atom. The second-order valence-electron chi connectivity index (χ2n) is 8.35. The van der Waals surface area contributed by atoms with E-state index in [9.17, 15) is 9.59 Å². The van der Waals surface area contributed by atoms with Crippen LogP contribution in [0, 0.1) is 0 Å². The van der Waals surface area contributed by atoms with Gasteiger partial charge >= 0.3 is 0 Å². The molecular formula is C22H32N4O2. The molecule has 3 fully saturated rings. The molecule has 1 atom stereocenters. The van der Waals surface area contributed by atoms with Gasteiger partial charge in [-0.3, -0.25) is 14.5 Å². The maximum absolute atomic E-state index is 12.7. The lowest BCUT2D eigenvalue weighted by atomic mass is 10.0. The lowest BCUT2D eigenvalue weighted by Gasteiger charge is -2.39. The third kappa shape index (κ3) is 4.49. The van der Waals surface area contributed by atoms with E-state index in [1.807, 2.05) is 6.07 Å². The van der Waals surface area contributed by atoms with Crippen molar-refractivity contribution in [3.63, 3.8) is 0 Å². The smallest absolute Gasteiger partial charge is 0.237 e. The predicted octanol–water partition coefficient (Wildman–Crippen LogP) is 1.90. The predicted molar refractivity (Wildman–Crippen MR) is 110 cm³/mol. The molecular weight excluding hydrogens is 352 g/mol. The zero-order valence-corrected chi connectivity index (χ0v) is 16.6. The number of anilines is 1. The molecule has 3 aliphatic rings. The maximum Gasteiger partial charge on any atom is 0.237 e. The summed E-state index contributed by atoms with van der Waals surface area (Å²) in [5.41, 5.74) is 1.25. The fourth-order valence-electron chi connectivity index (χ4n) is 5.00. The minimum atomic E-state index is -0.304. The maximum atomic E-state index is 12.7. The number of carbonyl (C=O) groups excluding carboxylic acids is 2. The van der Waals surface area contributed by atoms with Gasteiger partial charge < -0.3 is 15.5 Å². The Bertz CT molecular complexity index is 666. The van der Waals surface area contributed by atoms with Crippen molar-refractivity contribution in [3.05, 3.63) is 30.3 Å². The van der Waals surface area contributed by atoms with E-state index in [1.165, 1.54) is 18.5 Å². The number of benzene rings is 1. The second-order valence-corrected chi connectivity index (χ2v) is 8.35. The minimum Gasteiger partial charge on any atom is -0.371 e. The number of nitrogens with one attached hydrogen (secondary N) is 2. The first kappa shape index (κ1) is 19.2. The summed E-state index contributed by atoms with van der Waals surface area (Å²) in [7, 11) is 0. The first-order valence-corrected chi connectivity index (χ1v) is 10.8. The van der Waals surface area contributed by atoms with Crippen molar-refractivity contribution in [2.24, 2.45) is 0 Å². The van der Waals surface area contributed by atoms with Crippen LogP contribution >= 0.6 is 0 Å². The van der Waals surface area contributed by atoms with Gasteiger partial charge in [0.15, 0.2) is 0 Å². The van der Waals surface area contributed by atoms with E-state index < -0.39 is 0 Å². The van der Waals surface area contributed by atoms with Gasteiger partial charge in [-0.2, -0.15) is 0 Å². The van der Waals surface area contributed by atoms with Crippen LogP contribution in [0.3, 0.4) is 0 Å². The highest BCUT2D eigenvalue weighted by Gasteiger charge is 2.37. The number of piperazine rings is 1. The summed E-state index contributed by atoms with van der Waals surface area (Å²) in [6.07, 6.45) is 6.96. The number of carbonyl (C=O) groups is 2.